The summed E-state index contributed by atoms with van der Waals surface area (Å²) >= 11 is 0. The van der Waals surface area contributed by atoms with Gasteiger partial charge in [-0.3, -0.25) is 4.98 Å². The summed E-state index contributed by atoms with van der Waals surface area (Å²) in [6, 6.07) is 1.39. The molecule has 1 atom stereocenters. The third-order valence-electron chi connectivity index (χ3n) is 1.98. The number of aromatic nitrogens is 1. The van der Waals surface area contributed by atoms with Crippen LogP contribution in [0.1, 0.15) is 11.3 Å². The van der Waals surface area contributed by atoms with Crippen LogP contribution in [0, 0.1) is 6.92 Å². The fourth-order valence-corrected chi connectivity index (χ4v) is 1.09. The van der Waals surface area contributed by atoms with Gasteiger partial charge in [-0.2, -0.15) is 13.2 Å². The van der Waals surface area contributed by atoms with E-state index in [0.717, 1.165) is 0 Å². The van der Waals surface area contributed by atoms with Crippen molar-refractivity contribution >= 4 is 0 Å². The van der Waals surface area contributed by atoms with Gasteiger partial charge in [0.05, 0.1) is 0 Å². The highest BCUT2D eigenvalue weighted by Crippen LogP contribution is 2.21. The van der Waals surface area contributed by atoms with Gasteiger partial charge in [-0.1, -0.05) is 6.07 Å². The quantitative estimate of drug-likeness (QED) is 0.798. The summed E-state index contributed by atoms with van der Waals surface area (Å²) < 4.78 is 36.4. The van der Waals surface area contributed by atoms with Gasteiger partial charge in [0, 0.05) is 11.9 Å². The lowest BCUT2D eigenvalue weighted by Gasteiger charge is -2.15. The molecule has 0 spiro atoms. The summed E-state index contributed by atoms with van der Waals surface area (Å²) in [6.45, 7) is 1.67. The fraction of sp³-hybridized carbons (Fsp3) is 0.444. The van der Waals surface area contributed by atoms with E-state index in [1.165, 1.54) is 6.20 Å². The minimum atomic E-state index is -4.34. The van der Waals surface area contributed by atoms with Crippen LogP contribution < -0.4 is 5.73 Å². The summed E-state index contributed by atoms with van der Waals surface area (Å²) in [7, 11) is 0. The van der Waals surface area contributed by atoms with E-state index in [9.17, 15) is 13.2 Å². The van der Waals surface area contributed by atoms with E-state index in [2.05, 4.69) is 4.98 Å². The SMILES string of the molecule is Cc1ncccc1CC(N)C(F)(F)F. The number of hydrogen-bond donors (Lipinski definition) is 1. The number of alkyl halides is 3. The molecule has 14 heavy (non-hydrogen) atoms. The van der Waals surface area contributed by atoms with E-state index < -0.39 is 12.2 Å². The van der Waals surface area contributed by atoms with Crippen molar-refractivity contribution in [1.29, 1.82) is 0 Å². The van der Waals surface area contributed by atoms with Gasteiger partial charge >= 0.3 is 6.18 Å². The Morgan fingerprint density at radius 2 is 2.14 bits per heavy atom. The lowest BCUT2D eigenvalue weighted by molar-refractivity contribution is -0.147. The minimum Gasteiger partial charge on any atom is -0.320 e. The van der Waals surface area contributed by atoms with Crippen LogP contribution in [-0.4, -0.2) is 17.2 Å². The molecule has 1 unspecified atom stereocenters. The number of nitrogens with two attached hydrogens (primary N) is 1. The van der Waals surface area contributed by atoms with Gasteiger partial charge in [-0.25, -0.2) is 0 Å². The van der Waals surface area contributed by atoms with E-state index in [1.54, 1.807) is 19.1 Å². The van der Waals surface area contributed by atoms with Crippen LogP contribution >= 0.6 is 0 Å². The van der Waals surface area contributed by atoms with E-state index in [1.807, 2.05) is 0 Å². The molecule has 0 amide bonds. The lowest BCUT2D eigenvalue weighted by atomic mass is 10.1. The number of hydrogen-bond acceptors (Lipinski definition) is 2. The van der Waals surface area contributed by atoms with Crippen molar-refractivity contribution < 1.29 is 13.2 Å². The molecule has 0 radical (unpaired) electrons. The van der Waals surface area contributed by atoms with E-state index in [4.69, 9.17) is 5.73 Å². The van der Waals surface area contributed by atoms with Crippen molar-refractivity contribution in [2.45, 2.75) is 25.6 Å². The maximum atomic E-state index is 12.1. The second-order valence-corrected chi connectivity index (χ2v) is 3.10. The summed E-state index contributed by atoms with van der Waals surface area (Å²) in [5, 5.41) is 0. The molecule has 0 aliphatic carbocycles. The van der Waals surface area contributed by atoms with Gasteiger partial charge in [0.25, 0.3) is 0 Å². The zero-order chi connectivity index (χ0) is 10.8. The Labute approximate surface area is 79.9 Å². The van der Waals surface area contributed by atoms with E-state index in [0.29, 0.717) is 11.3 Å². The van der Waals surface area contributed by atoms with E-state index >= 15 is 0 Å². The molecule has 78 valence electrons. The molecule has 5 heteroatoms. The Balaban J connectivity index is 2.75. The second-order valence-electron chi connectivity index (χ2n) is 3.10. The Bertz CT molecular complexity index is 309. The normalized spacial score (nSPS) is 14.1. The van der Waals surface area contributed by atoms with E-state index in [-0.39, 0.29) is 6.42 Å². The van der Waals surface area contributed by atoms with Gasteiger partial charge in [-0.15, -0.1) is 0 Å². The van der Waals surface area contributed by atoms with Gasteiger partial charge in [0.2, 0.25) is 0 Å². The Morgan fingerprint density at radius 3 is 2.64 bits per heavy atom. The van der Waals surface area contributed by atoms with Crippen LogP contribution in [-0.2, 0) is 6.42 Å². The Morgan fingerprint density at radius 1 is 1.50 bits per heavy atom. The molecule has 2 nitrogen and oxygen atoms in total. The molecule has 0 bridgehead atoms. The third kappa shape index (κ3) is 2.70. The molecule has 0 aliphatic rings. The van der Waals surface area contributed by atoms with Crippen molar-refractivity contribution in [2.24, 2.45) is 5.73 Å². The minimum absolute atomic E-state index is 0.219. The molecule has 0 aliphatic heterocycles. The molecule has 1 heterocycles. The number of rotatable bonds is 2. The maximum absolute atomic E-state index is 12.1. The lowest BCUT2D eigenvalue weighted by Crippen LogP contribution is -2.39. The van der Waals surface area contributed by atoms with Crippen LogP contribution in [0.3, 0.4) is 0 Å². The zero-order valence-electron chi connectivity index (χ0n) is 7.67. The van der Waals surface area contributed by atoms with Gasteiger partial charge < -0.3 is 5.73 Å². The molecule has 0 aromatic carbocycles. The largest absolute Gasteiger partial charge is 0.403 e. The summed E-state index contributed by atoms with van der Waals surface area (Å²) in [5.41, 5.74) is 6.13. The monoisotopic (exact) mass is 204 g/mol. The fourth-order valence-electron chi connectivity index (χ4n) is 1.09. The Kier molecular flexibility index (Phi) is 3.10. The molecule has 0 fully saturated rings. The average molecular weight is 204 g/mol. The highest BCUT2D eigenvalue weighted by atomic mass is 19.4. The summed E-state index contributed by atoms with van der Waals surface area (Å²) in [5.74, 6) is 0. The standard InChI is InChI=1S/C9H11F3N2/c1-6-7(3-2-4-14-6)5-8(13)9(10,11)12/h2-4,8H,5,13H2,1H3. The van der Waals surface area contributed by atoms with Crippen molar-refractivity contribution in [2.75, 3.05) is 0 Å². The molecule has 1 aromatic rings. The summed E-state index contributed by atoms with van der Waals surface area (Å²) in [6.07, 6.45) is -3.02. The number of nitrogens with zero attached hydrogens (tertiary/aromatic N) is 1. The molecular weight excluding hydrogens is 193 g/mol. The Hall–Kier alpha value is -1.10. The average Bonchev–Trinajstić information content (AvgIpc) is 2.07. The van der Waals surface area contributed by atoms with Crippen molar-refractivity contribution in [3.63, 3.8) is 0 Å². The van der Waals surface area contributed by atoms with Crippen LogP contribution in [0.5, 0.6) is 0 Å². The van der Waals surface area contributed by atoms with Crippen LogP contribution in [0.25, 0.3) is 0 Å². The first-order chi connectivity index (χ1) is 6.41. The molecule has 1 rings (SSSR count). The smallest absolute Gasteiger partial charge is 0.320 e. The first kappa shape index (κ1) is 11.0. The first-order valence-electron chi connectivity index (χ1n) is 4.14. The van der Waals surface area contributed by atoms with Crippen LogP contribution in [0.2, 0.25) is 0 Å². The molecule has 2 N–H and O–H groups in total. The predicted octanol–water partition coefficient (Wildman–Crippen LogP) is 1.82. The predicted molar refractivity (Wildman–Crippen MR) is 46.7 cm³/mol. The molecular formula is C9H11F3N2. The number of aryl methyl sites for hydroxylation is 1. The van der Waals surface area contributed by atoms with Crippen molar-refractivity contribution in [1.82, 2.24) is 4.98 Å². The third-order valence-corrected chi connectivity index (χ3v) is 1.98. The van der Waals surface area contributed by atoms with Gasteiger partial charge in [0.15, 0.2) is 0 Å². The number of halogens is 3. The highest BCUT2D eigenvalue weighted by Gasteiger charge is 2.36. The molecule has 0 saturated heterocycles. The topological polar surface area (TPSA) is 38.9 Å². The number of pyridine rings is 1. The highest BCUT2D eigenvalue weighted by molar-refractivity contribution is 5.19. The van der Waals surface area contributed by atoms with Gasteiger partial charge in [-0.05, 0) is 25.0 Å². The van der Waals surface area contributed by atoms with Crippen molar-refractivity contribution in [3.8, 4) is 0 Å². The zero-order valence-corrected chi connectivity index (χ0v) is 7.67. The second kappa shape index (κ2) is 3.96. The summed E-state index contributed by atoms with van der Waals surface area (Å²) in [4.78, 5) is 3.89. The molecule has 1 aromatic heterocycles. The first-order valence-corrected chi connectivity index (χ1v) is 4.14. The molecule has 0 saturated carbocycles. The van der Waals surface area contributed by atoms with Gasteiger partial charge in [0.1, 0.15) is 6.04 Å². The van der Waals surface area contributed by atoms with Crippen LogP contribution in [0.15, 0.2) is 18.3 Å². The maximum Gasteiger partial charge on any atom is 0.403 e. The van der Waals surface area contributed by atoms with Crippen LogP contribution in [0.4, 0.5) is 13.2 Å². The van der Waals surface area contributed by atoms with Crippen molar-refractivity contribution in [3.05, 3.63) is 29.6 Å².